The van der Waals surface area contributed by atoms with Crippen molar-refractivity contribution in [3.05, 3.63) is 119 Å². The highest BCUT2D eigenvalue weighted by Gasteiger charge is 2.31. The van der Waals surface area contributed by atoms with E-state index < -0.39 is 23.2 Å². The first-order valence-corrected chi connectivity index (χ1v) is 26.9. The molecule has 0 saturated carbocycles. The average Bonchev–Trinajstić information content (AvgIpc) is 3.26. The van der Waals surface area contributed by atoms with Crippen LogP contribution in [-0.4, -0.2) is 33.0 Å². The van der Waals surface area contributed by atoms with Crippen LogP contribution in [-0.2, 0) is 49.2 Å². The predicted octanol–water partition coefficient (Wildman–Crippen LogP) is 13.9. The van der Waals surface area contributed by atoms with Crippen molar-refractivity contribution in [3.63, 3.8) is 0 Å². The molecule has 0 heterocycles. The summed E-state index contributed by atoms with van der Waals surface area (Å²) in [7, 11) is -10.7. The van der Waals surface area contributed by atoms with E-state index in [-0.39, 0.29) is 6.61 Å². The summed E-state index contributed by atoms with van der Waals surface area (Å²) < 4.78 is 71.1. The summed E-state index contributed by atoms with van der Waals surface area (Å²) in [6.07, 6.45) is 9.84. The molecule has 13 nitrogen and oxygen atoms in total. The second-order valence-electron chi connectivity index (χ2n) is 15.2. The predicted molar refractivity (Wildman–Crippen MR) is 256 cm³/mol. The third-order valence-electron chi connectivity index (χ3n) is 9.77. The van der Waals surface area contributed by atoms with Crippen LogP contribution < -0.4 is 25.9 Å². The average molecular weight is 914 g/mol. The summed E-state index contributed by atoms with van der Waals surface area (Å²) in [5, 5.41) is 9.10. The van der Waals surface area contributed by atoms with Crippen molar-refractivity contribution in [1.29, 1.82) is 0 Å². The topological polar surface area (TPSA) is 163 Å². The summed E-state index contributed by atoms with van der Waals surface area (Å²) in [5.74, 6) is 6.59. The van der Waals surface area contributed by atoms with E-state index in [2.05, 4.69) is 43.0 Å². The van der Waals surface area contributed by atoms with Crippen molar-refractivity contribution >= 4 is 45.9 Å². The Hall–Kier alpha value is -3.47. The van der Waals surface area contributed by atoms with E-state index in [1.165, 1.54) is 4.78 Å². The number of hydrogen-bond acceptors (Lipinski definition) is 9. The van der Waals surface area contributed by atoms with Gasteiger partial charge < -0.3 is 0 Å². The summed E-state index contributed by atoms with van der Waals surface area (Å²) in [5.41, 5.74) is 6.66. The largest absolute Gasteiger partial charge is 0.432 e. The zero-order chi connectivity index (χ0) is 44.7. The fourth-order valence-corrected chi connectivity index (χ4v) is 10.4. The van der Waals surface area contributed by atoms with Gasteiger partial charge in [0.15, 0.2) is 0 Å². The minimum atomic E-state index is -3.77. The molecule has 0 saturated heterocycles. The molecule has 62 heavy (non-hydrogen) atoms. The minimum Gasteiger partial charge on any atom is -0.297 e. The van der Waals surface area contributed by atoms with Crippen LogP contribution in [0.25, 0.3) is 0 Å². The maximum Gasteiger partial charge on any atom is 0.432 e. The van der Waals surface area contributed by atoms with Crippen molar-refractivity contribution < 1.29 is 36.3 Å². The van der Waals surface area contributed by atoms with Crippen molar-refractivity contribution in [3.8, 4) is 0 Å². The molecular formula is C46H70N5O8P3. The molecule has 4 aromatic rings. The summed E-state index contributed by atoms with van der Waals surface area (Å²) in [4.78, 5) is 0. The van der Waals surface area contributed by atoms with E-state index in [1.807, 2.05) is 104 Å². The standard InChI is InChI=1S/C46H70N5O8P3/c1-6-11-32-55-60(52,48-43-24-16-39(17-25-43)37-40-18-26-44(27-19-40)49-61(53,56-33-12-7-2)57-34-13-8-3)51(47)46-30-22-42(23-31-46)38-41-20-28-45(29-21-41)50-62(54,58-35-14-9-4)59-36-15-10-5/h16-31H,6-15,32-38,47H2,1-5H3,(H,48,52)(H,49,53)(H,50,54). The van der Waals surface area contributed by atoms with Crippen LogP contribution in [0.4, 0.5) is 22.7 Å². The normalized spacial score (nSPS) is 12.8. The molecule has 5 N–H and O–H groups in total. The van der Waals surface area contributed by atoms with E-state index >= 15 is 0 Å². The number of hydrazine groups is 1. The summed E-state index contributed by atoms with van der Waals surface area (Å²) in [6, 6.07) is 30.7. The molecule has 0 amide bonds. The van der Waals surface area contributed by atoms with Crippen LogP contribution in [0.15, 0.2) is 97.1 Å². The maximum absolute atomic E-state index is 14.4. The molecule has 0 aromatic heterocycles. The Balaban J connectivity index is 1.37. The lowest BCUT2D eigenvalue weighted by molar-refractivity contribution is 0.203. The highest BCUT2D eigenvalue weighted by atomic mass is 31.2. The molecule has 1 unspecified atom stereocenters. The van der Waals surface area contributed by atoms with Crippen LogP contribution >= 0.6 is 23.2 Å². The minimum absolute atomic E-state index is 0.275. The first-order chi connectivity index (χ1) is 30.0. The monoisotopic (exact) mass is 913 g/mol. The number of nitrogens with zero attached hydrogens (tertiary/aromatic N) is 1. The fraction of sp³-hybridized carbons (Fsp3) is 0.478. The molecule has 0 aliphatic carbocycles. The van der Waals surface area contributed by atoms with Gasteiger partial charge in [0.1, 0.15) is 0 Å². The van der Waals surface area contributed by atoms with Crippen LogP contribution in [0.2, 0.25) is 0 Å². The third kappa shape index (κ3) is 17.6. The number of nitrogens with two attached hydrogens (primary N) is 1. The highest BCUT2D eigenvalue weighted by Crippen LogP contribution is 2.52. The van der Waals surface area contributed by atoms with Gasteiger partial charge in [-0.1, -0.05) is 115 Å². The third-order valence-corrected chi connectivity index (χ3v) is 14.8. The van der Waals surface area contributed by atoms with Gasteiger partial charge in [0.25, 0.3) is 0 Å². The van der Waals surface area contributed by atoms with Gasteiger partial charge in [-0.3, -0.25) is 37.9 Å². The smallest absolute Gasteiger partial charge is 0.297 e. The van der Waals surface area contributed by atoms with Gasteiger partial charge in [-0.15, -0.1) is 0 Å². The Morgan fingerprint density at radius 1 is 0.419 bits per heavy atom. The van der Waals surface area contributed by atoms with Crippen molar-refractivity contribution in [1.82, 2.24) is 0 Å². The first kappa shape index (κ1) is 51.2. The molecule has 0 aliphatic rings. The molecular weight excluding hydrogens is 843 g/mol. The Morgan fingerprint density at radius 3 is 1.00 bits per heavy atom. The zero-order valence-electron chi connectivity index (χ0n) is 37.4. The number of rotatable bonds is 32. The summed E-state index contributed by atoms with van der Waals surface area (Å²) in [6.45, 7) is 12.0. The van der Waals surface area contributed by atoms with E-state index in [4.69, 9.17) is 28.5 Å². The molecule has 16 heteroatoms. The van der Waals surface area contributed by atoms with Crippen LogP contribution in [0, 0.1) is 0 Å². The van der Waals surface area contributed by atoms with Crippen molar-refractivity contribution in [2.75, 3.05) is 53.1 Å². The molecule has 4 rings (SSSR count). The highest BCUT2D eigenvalue weighted by molar-refractivity contribution is 7.62. The van der Waals surface area contributed by atoms with Crippen LogP contribution in [0.5, 0.6) is 0 Å². The summed E-state index contributed by atoms with van der Waals surface area (Å²) >= 11 is 0. The van der Waals surface area contributed by atoms with E-state index in [1.54, 1.807) is 0 Å². The van der Waals surface area contributed by atoms with Gasteiger partial charge >= 0.3 is 23.2 Å². The molecule has 0 spiro atoms. The lowest BCUT2D eigenvalue weighted by atomic mass is 10.0. The van der Waals surface area contributed by atoms with Crippen LogP contribution in [0.3, 0.4) is 0 Å². The molecule has 1 atom stereocenters. The van der Waals surface area contributed by atoms with Gasteiger partial charge in [0.05, 0.1) is 38.7 Å². The van der Waals surface area contributed by atoms with E-state index in [0.29, 0.717) is 62.0 Å². The Labute approximate surface area is 370 Å². The SMILES string of the molecule is CCCCOP(=O)(Nc1ccc(Cc2ccc(NP(=O)(OCCCC)N(N)c3ccc(Cc4ccc(NP(=O)(OCCCC)OCCCC)cc4)cc3)cc2)cc1)OCCCC. The van der Waals surface area contributed by atoms with Crippen molar-refractivity contribution in [2.24, 2.45) is 5.84 Å². The molecule has 4 aromatic carbocycles. The molecule has 0 radical (unpaired) electrons. The Kier molecular flexibility index (Phi) is 22.3. The molecule has 0 bridgehead atoms. The lowest BCUT2D eigenvalue weighted by Crippen LogP contribution is -2.31. The molecule has 0 fully saturated rings. The Bertz CT molecular complexity index is 1980. The number of hydrogen-bond donors (Lipinski definition) is 4. The second kappa shape index (κ2) is 27.0. The van der Waals surface area contributed by atoms with E-state index in [0.717, 1.165) is 86.5 Å². The lowest BCUT2D eigenvalue weighted by Gasteiger charge is -2.29. The van der Waals surface area contributed by atoms with Gasteiger partial charge in [0.2, 0.25) is 0 Å². The Morgan fingerprint density at radius 2 is 0.694 bits per heavy atom. The molecule has 0 aliphatic heterocycles. The van der Waals surface area contributed by atoms with Gasteiger partial charge in [-0.25, -0.2) is 24.3 Å². The van der Waals surface area contributed by atoms with Crippen molar-refractivity contribution in [2.45, 2.75) is 112 Å². The zero-order valence-corrected chi connectivity index (χ0v) is 40.1. The number of anilines is 4. The number of benzene rings is 4. The second-order valence-corrected chi connectivity index (χ2v) is 20.7. The van der Waals surface area contributed by atoms with Gasteiger partial charge in [0, 0.05) is 17.1 Å². The van der Waals surface area contributed by atoms with E-state index in [9.17, 15) is 13.7 Å². The number of nitrogens with one attached hydrogen (secondary N) is 3. The van der Waals surface area contributed by atoms with Crippen LogP contribution in [0.1, 0.15) is 121 Å². The first-order valence-electron chi connectivity index (χ1n) is 22.2. The quantitative estimate of drug-likeness (QED) is 0.0159. The van der Waals surface area contributed by atoms with Gasteiger partial charge in [-0.2, -0.15) is 0 Å². The maximum atomic E-state index is 14.4. The fourth-order valence-electron chi connectivity index (χ4n) is 5.96. The van der Waals surface area contributed by atoms with Gasteiger partial charge in [-0.05, 0) is 116 Å². The molecule has 342 valence electrons. The number of unbranched alkanes of at least 4 members (excludes halogenated alkanes) is 5.